The van der Waals surface area contributed by atoms with Crippen LogP contribution >= 0.6 is 0 Å². The Labute approximate surface area is 433 Å². The minimum absolute atomic E-state index is 0.673. The van der Waals surface area contributed by atoms with Gasteiger partial charge in [0, 0.05) is 66.1 Å². The zero-order valence-electron chi connectivity index (χ0n) is 40.7. The lowest BCUT2D eigenvalue weighted by atomic mass is 9.93. The Hall–Kier alpha value is -10.1. The molecule has 11 aromatic carbocycles. The monoisotopic (exact) mass is 955 g/mol. The number of hydrogen-bond donors (Lipinski definition) is 0. The molecule has 0 unspecified atom stereocenters. The van der Waals surface area contributed by atoms with Gasteiger partial charge in [-0.1, -0.05) is 164 Å². The fraction of sp³-hybridized carbons (Fsp3) is 0. The van der Waals surface area contributed by atoms with E-state index in [1.54, 1.807) is 0 Å². The molecule has 0 saturated heterocycles. The quantitative estimate of drug-likeness (QED) is 0.152. The summed E-state index contributed by atoms with van der Waals surface area (Å²) in [5.74, 6) is 0.673. The van der Waals surface area contributed by atoms with Crippen molar-refractivity contribution in [2.75, 3.05) is 0 Å². The maximum atomic E-state index is 5.43. The zero-order valence-corrected chi connectivity index (χ0v) is 40.7. The van der Waals surface area contributed by atoms with Crippen LogP contribution in [0.2, 0.25) is 0 Å². The summed E-state index contributed by atoms with van der Waals surface area (Å²) in [7, 11) is 0. The van der Waals surface area contributed by atoms with Gasteiger partial charge in [-0.05, 0) is 131 Å². The summed E-state index contributed by atoms with van der Waals surface area (Å²) in [5.41, 5.74) is 19.6. The Morgan fingerprint density at radius 3 is 0.987 bits per heavy atom. The Morgan fingerprint density at radius 1 is 0.200 bits per heavy atom. The van der Waals surface area contributed by atoms with E-state index in [1.165, 1.54) is 65.4 Å². The Bertz CT molecular complexity index is 4450. The Morgan fingerprint density at radius 2 is 0.533 bits per heavy atom. The third kappa shape index (κ3) is 7.08. The van der Waals surface area contributed by atoms with Crippen LogP contribution < -0.4 is 0 Å². The van der Waals surface area contributed by atoms with Crippen LogP contribution in [-0.4, -0.2) is 23.7 Å². The summed E-state index contributed by atoms with van der Waals surface area (Å²) >= 11 is 0. The molecule has 0 bridgehead atoms. The molecule has 0 saturated carbocycles. The van der Waals surface area contributed by atoms with E-state index < -0.39 is 0 Å². The van der Waals surface area contributed by atoms with Crippen LogP contribution in [0.25, 0.3) is 139 Å². The summed E-state index contributed by atoms with van der Waals surface area (Å²) in [6.45, 7) is 0. The van der Waals surface area contributed by atoms with Crippen molar-refractivity contribution >= 4 is 65.4 Å². The first-order valence-corrected chi connectivity index (χ1v) is 25.6. The minimum Gasteiger partial charge on any atom is -0.309 e. The molecule has 4 heterocycles. The summed E-state index contributed by atoms with van der Waals surface area (Å²) < 4.78 is 7.11. The first-order chi connectivity index (χ1) is 37.2. The molecule has 75 heavy (non-hydrogen) atoms. The first-order valence-electron chi connectivity index (χ1n) is 25.6. The maximum absolute atomic E-state index is 5.43. The number of nitrogens with zero attached hydrogens (tertiary/aromatic N) is 5. The van der Waals surface area contributed by atoms with Crippen LogP contribution in [0.3, 0.4) is 0 Å². The van der Waals surface area contributed by atoms with Crippen molar-refractivity contribution < 1.29 is 0 Å². The molecule has 0 fully saturated rings. The summed E-state index contributed by atoms with van der Waals surface area (Å²) in [6.07, 6.45) is 0. The molecule has 15 rings (SSSR count). The molecule has 0 aliphatic rings. The third-order valence-corrected chi connectivity index (χ3v) is 15.0. The summed E-state index contributed by atoms with van der Waals surface area (Å²) in [6, 6.07) is 98.3. The van der Waals surface area contributed by atoms with Gasteiger partial charge < -0.3 is 13.7 Å². The zero-order chi connectivity index (χ0) is 49.4. The number of benzene rings is 11. The molecule has 15 aromatic rings. The van der Waals surface area contributed by atoms with Gasteiger partial charge in [-0.15, -0.1) is 0 Å². The molecular weight excluding hydrogens is 911 g/mol. The normalized spacial score (nSPS) is 11.7. The molecule has 0 atom stereocenters. The van der Waals surface area contributed by atoms with Gasteiger partial charge >= 0.3 is 0 Å². The van der Waals surface area contributed by atoms with Gasteiger partial charge in [0.1, 0.15) is 0 Å². The van der Waals surface area contributed by atoms with Crippen molar-refractivity contribution in [2.45, 2.75) is 0 Å². The highest BCUT2D eigenvalue weighted by Crippen LogP contribution is 2.41. The second-order valence-corrected chi connectivity index (χ2v) is 19.4. The van der Waals surface area contributed by atoms with Crippen LogP contribution in [0.4, 0.5) is 0 Å². The predicted molar refractivity (Wildman–Crippen MR) is 312 cm³/mol. The first kappa shape index (κ1) is 42.6. The van der Waals surface area contributed by atoms with E-state index in [4.69, 9.17) is 9.97 Å². The lowest BCUT2D eigenvalue weighted by Gasteiger charge is -2.14. The van der Waals surface area contributed by atoms with E-state index in [9.17, 15) is 0 Å². The maximum Gasteiger partial charge on any atom is 0.160 e. The molecule has 0 radical (unpaired) electrons. The predicted octanol–water partition coefficient (Wildman–Crippen LogP) is 18.1. The summed E-state index contributed by atoms with van der Waals surface area (Å²) in [5, 5.41) is 7.32. The van der Waals surface area contributed by atoms with Crippen molar-refractivity contribution in [3.63, 3.8) is 0 Å². The van der Waals surface area contributed by atoms with E-state index >= 15 is 0 Å². The van der Waals surface area contributed by atoms with Crippen LogP contribution in [0, 0.1) is 0 Å². The lowest BCUT2D eigenvalue weighted by Crippen LogP contribution is -1.97. The molecule has 5 nitrogen and oxygen atoms in total. The minimum atomic E-state index is 0.673. The number of fused-ring (bicyclic) bond motifs is 9. The highest BCUT2D eigenvalue weighted by Gasteiger charge is 2.19. The number of hydrogen-bond acceptors (Lipinski definition) is 2. The molecular formula is C70H45N5. The van der Waals surface area contributed by atoms with Gasteiger partial charge in [-0.25, -0.2) is 9.97 Å². The Balaban J connectivity index is 0.931. The average molecular weight is 956 g/mol. The van der Waals surface area contributed by atoms with Crippen LogP contribution in [-0.2, 0) is 0 Å². The summed E-state index contributed by atoms with van der Waals surface area (Å²) in [4.78, 5) is 10.7. The Kier molecular flexibility index (Phi) is 9.82. The fourth-order valence-electron chi connectivity index (χ4n) is 11.6. The van der Waals surface area contributed by atoms with Crippen LogP contribution in [0.15, 0.2) is 273 Å². The standard InChI is InChI=1S/C70H45N5/c1-4-18-47(19-5-1)70-71-62(46-32-36-55(37-33-46)75-64-28-14-10-24-56(64)57-25-11-15-29-65(57)75)45-63(72-70)52-41-50(48-34-38-68-60(43-48)58-26-12-16-30-66(58)73(68)53-20-6-2-7-21-53)40-51(42-52)49-35-39-69-61(44-49)59-27-13-17-31-67(59)74(69)54-22-8-3-9-23-54/h1-45H. The molecule has 0 aliphatic carbocycles. The highest BCUT2D eigenvalue weighted by molar-refractivity contribution is 6.12. The van der Waals surface area contributed by atoms with Crippen molar-refractivity contribution in [2.24, 2.45) is 0 Å². The lowest BCUT2D eigenvalue weighted by molar-refractivity contribution is 1.17. The highest BCUT2D eigenvalue weighted by atomic mass is 15.0. The number of aromatic nitrogens is 5. The molecule has 0 amide bonds. The third-order valence-electron chi connectivity index (χ3n) is 15.0. The smallest absolute Gasteiger partial charge is 0.160 e. The van der Waals surface area contributed by atoms with Gasteiger partial charge in [-0.3, -0.25) is 0 Å². The van der Waals surface area contributed by atoms with Gasteiger partial charge in [0.05, 0.1) is 44.5 Å². The van der Waals surface area contributed by atoms with Crippen molar-refractivity contribution in [1.82, 2.24) is 23.7 Å². The molecule has 4 aromatic heterocycles. The van der Waals surface area contributed by atoms with E-state index in [-0.39, 0.29) is 0 Å². The molecule has 5 heteroatoms. The number of para-hydroxylation sites is 6. The second kappa shape index (κ2) is 17.3. The van der Waals surface area contributed by atoms with Crippen molar-refractivity contribution in [3.05, 3.63) is 273 Å². The van der Waals surface area contributed by atoms with Gasteiger partial charge in [0.15, 0.2) is 5.82 Å². The topological polar surface area (TPSA) is 40.6 Å². The van der Waals surface area contributed by atoms with E-state index in [2.05, 4.69) is 281 Å². The largest absolute Gasteiger partial charge is 0.309 e. The van der Waals surface area contributed by atoms with Gasteiger partial charge in [0.25, 0.3) is 0 Å². The number of rotatable bonds is 8. The van der Waals surface area contributed by atoms with Crippen LogP contribution in [0.5, 0.6) is 0 Å². The molecule has 0 spiro atoms. The van der Waals surface area contributed by atoms with Gasteiger partial charge in [0.2, 0.25) is 0 Å². The van der Waals surface area contributed by atoms with Gasteiger partial charge in [-0.2, -0.15) is 0 Å². The SMILES string of the molecule is c1ccc(-c2nc(-c3ccc(-n4c5ccccc5c5ccccc54)cc3)cc(-c3cc(-c4ccc5c(c4)c4ccccc4n5-c4ccccc4)cc(-c4ccc5c(c4)c4ccccc4n5-c4ccccc4)c3)n2)cc1. The fourth-order valence-corrected chi connectivity index (χ4v) is 11.6. The van der Waals surface area contributed by atoms with Crippen LogP contribution in [0.1, 0.15) is 0 Å². The van der Waals surface area contributed by atoms with E-state index in [0.29, 0.717) is 5.82 Å². The van der Waals surface area contributed by atoms with Crippen molar-refractivity contribution in [1.29, 1.82) is 0 Å². The van der Waals surface area contributed by atoms with Crippen molar-refractivity contribution in [3.8, 4) is 73.2 Å². The second-order valence-electron chi connectivity index (χ2n) is 19.4. The van der Waals surface area contributed by atoms with E-state index in [0.717, 1.165) is 67.4 Å². The van der Waals surface area contributed by atoms with E-state index in [1.807, 2.05) is 6.07 Å². The average Bonchev–Trinajstić information content (AvgIpc) is 4.17. The molecule has 0 N–H and O–H groups in total. The molecule has 0 aliphatic heterocycles. The molecule has 350 valence electrons.